The lowest BCUT2D eigenvalue weighted by molar-refractivity contribution is -0.129. The van der Waals surface area contributed by atoms with E-state index < -0.39 is 17.7 Å². The fraction of sp³-hybridized carbons (Fsp3) is 0.0400. The van der Waals surface area contributed by atoms with Gasteiger partial charge in [-0.1, -0.05) is 71.1 Å². The molecule has 0 aliphatic carbocycles. The summed E-state index contributed by atoms with van der Waals surface area (Å²) in [7, 11) is 1.20. The number of rotatable bonds is 7. The topological polar surface area (TPSA) is 169 Å². The molecule has 1 heterocycles. The number of carboxylic acids is 2. The molecule has 10 nitrogen and oxygen atoms in total. The van der Waals surface area contributed by atoms with Crippen LogP contribution in [0.5, 0.6) is 0 Å². The van der Waals surface area contributed by atoms with Crippen LogP contribution >= 0.6 is 11.3 Å². The van der Waals surface area contributed by atoms with Crippen LogP contribution in [0.4, 0.5) is 5.00 Å². The molecule has 3 aromatic carbocycles. The summed E-state index contributed by atoms with van der Waals surface area (Å²) in [6.45, 7) is 0. The average molecular weight is 506 g/mol. The highest BCUT2D eigenvalue weighted by Crippen LogP contribution is 2.21. The third kappa shape index (κ3) is 5.77. The number of nitrogens with zero attached hydrogens (tertiary/aromatic N) is 2. The van der Waals surface area contributed by atoms with Crippen LogP contribution in [0.25, 0.3) is 10.8 Å². The van der Waals surface area contributed by atoms with E-state index in [4.69, 9.17) is 10.8 Å². The Balaban J connectivity index is 0.000000214. The van der Waals surface area contributed by atoms with Crippen LogP contribution in [0.3, 0.4) is 0 Å². The van der Waals surface area contributed by atoms with Crippen molar-refractivity contribution in [1.82, 2.24) is 4.98 Å². The molecule has 0 fully saturated rings. The maximum absolute atomic E-state index is 12.6. The fourth-order valence-electron chi connectivity index (χ4n) is 3.20. The number of aldehydes is 1. The number of hydrogen-bond acceptors (Lipinski definition) is 9. The van der Waals surface area contributed by atoms with Gasteiger partial charge in [-0.2, -0.15) is 0 Å². The molecule has 0 aliphatic heterocycles. The van der Waals surface area contributed by atoms with Gasteiger partial charge in [0.25, 0.3) is 0 Å². The van der Waals surface area contributed by atoms with Crippen molar-refractivity contribution < 1.29 is 34.2 Å². The Labute approximate surface area is 208 Å². The minimum Gasteiger partial charge on any atom is -0.478 e. The Morgan fingerprint density at radius 1 is 0.972 bits per heavy atom. The van der Waals surface area contributed by atoms with E-state index in [0.29, 0.717) is 11.8 Å². The number of fused-ring (bicyclic) bond motifs is 1. The molecule has 11 heteroatoms. The highest BCUT2D eigenvalue weighted by Gasteiger charge is 2.21. The molecule has 0 aliphatic rings. The zero-order chi connectivity index (χ0) is 26.2. The van der Waals surface area contributed by atoms with Crippen molar-refractivity contribution >= 4 is 56.8 Å². The predicted molar refractivity (Wildman–Crippen MR) is 134 cm³/mol. The van der Waals surface area contributed by atoms with Crippen molar-refractivity contribution in [2.24, 2.45) is 5.16 Å². The number of oxime groups is 1. The van der Waals surface area contributed by atoms with Gasteiger partial charge in [0.15, 0.2) is 17.1 Å². The van der Waals surface area contributed by atoms with E-state index in [1.165, 1.54) is 13.2 Å². The van der Waals surface area contributed by atoms with Crippen molar-refractivity contribution in [3.63, 3.8) is 0 Å². The van der Waals surface area contributed by atoms with Crippen LogP contribution in [0.15, 0.2) is 71.9 Å². The summed E-state index contributed by atoms with van der Waals surface area (Å²) in [6, 6.07) is 19.4. The summed E-state index contributed by atoms with van der Waals surface area (Å²) in [6.07, 6.45) is 0.483. The highest BCUT2D eigenvalue weighted by molar-refractivity contribution is 7.17. The Morgan fingerprint density at radius 3 is 2.19 bits per heavy atom. The third-order valence-electron chi connectivity index (χ3n) is 4.79. The van der Waals surface area contributed by atoms with Gasteiger partial charge in [0.1, 0.15) is 17.8 Å². The summed E-state index contributed by atoms with van der Waals surface area (Å²) in [4.78, 5) is 53.0. The second-order valence-electron chi connectivity index (χ2n) is 7.05. The Morgan fingerprint density at radius 2 is 1.61 bits per heavy atom. The number of benzene rings is 3. The molecule has 4 rings (SSSR count). The minimum atomic E-state index is -1.33. The SMILES string of the molecule is CON=C(C(=O)O)c1nc(C=O)sc1N.O=C(O)c1ccccc1C(=O)c1ccc2ccccc2c1. The molecule has 0 saturated carbocycles. The number of nitrogens with two attached hydrogens (primary N) is 1. The van der Waals surface area contributed by atoms with Crippen LogP contribution in [0.2, 0.25) is 0 Å². The van der Waals surface area contributed by atoms with Gasteiger partial charge in [0.05, 0.1) is 5.56 Å². The van der Waals surface area contributed by atoms with E-state index in [-0.39, 0.29) is 32.6 Å². The molecule has 0 radical (unpaired) electrons. The molecular formula is C25H19N3O7S. The summed E-state index contributed by atoms with van der Waals surface area (Å²) in [5.41, 5.74) is 5.71. The van der Waals surface area contributed by atoms with Gasteiger partial charge in [-0.05, 0) is 22.9 Å². The molecular weight excluding hydrogens is 486 g/mol. The van der Waals surface area contributed by atoms with Crippen molar-refractivity contribution in [2.45, 2.75) is 0 Å². The number of carbonyl (C=O) groups is 4. The molecule has 4 aromatic rings. The van der Waals surface area contributed by atoms with E-state index >= 15 is 0 Å². The highest BCUT2D eigenvalue weighted by atomic mass is 32.1. The van der Waals surface area contributed by atoms with E-state index in [2.05, 4.69) is 15.0 Å². The normalized spacial score (nSPS) is 10.8. The van der Waals surface area contributed by atoms with Crippen LogP contribution in [0.1, 0.15) is 41.8 Å². The maximum Gasteiger partial charge on any atom is 0.360 e. The summed E-state index contributed by atoms with van der Waals surface area (Å²) < 4.78 is 0. The number of hydrogen-bond donors (Lipinski definition) is 3. The lowest BCUT2D eigenvalue weighted by Gasteiger charge is -2.06. The van der Waals surface area contributed by atoms with Crippen molar-refractivity contribution in [1.29, 1.82) is 0 Å². The standard InChI is InChI=1S/C18H12O3.C7H7N3O4S/c19-17(15-7-3-4-8-16(15)18(20)21)14-10-9-12-5-1-2-6-13(12)11-14;1-14-10-5(7(12)13)4-6(8)15-3(2-11)9-4/h1-11H,(H,20,21);2H,8H2,1H3,(H,12,13). The number of thiazole rings is 1. The first-order valence-electron chi connectivity index (χ1n) is 10.2. The zero-order valence-electron chi connectivity index (χ0n) is 18.7. The number of aliphatic carboxylic acids is 1. The number of ketones is 1. The van der Waals surface area contributed by atoms with E-state index in [1.807, 2.05) is 30.3 Å². The Kier molecular flexibility index (Phi) is 8.21. The average Bonchev–Trinajstić information content (AvgIpc) is 3.26. The number of carboxylic acid groups (broad SMARTS) is 2. The van der Waals surface area contributed by atoms with Gasteiger partial charge >= 0.3 is 11.9 Å². The van der Waals surface area contributed by atoms with Crippen molar-refractivity contribution in [3.05, 3.63) is 94.1 Å². The van der Waals surface area contributed by atoms with Crippen LogP contribution < -0.4 is 5.73 Å². The number of aromatic nitrogens is 1. The quantitative estimate of drug-likeness (QED) is 0.146. The van der Waals surface area contributed by atoms with E-state index in [9.17, 15) is 24.3 Å². The first kappa shape index (κ1) is 25.7. The predicted octanol–water partition coefficient (Wildman–Crippen LogP) is 3.74. The molecule has 0 saturated heterocycles. The minimum absolute atomic E-state index is 0.0238. The number of nitrogen functional groups attached to an aromatic ring is 1. The van der Waals surface area contributed by atoms with Crippen LogP contribution in [-0.4, -0.2) is 52.0 Å². The summed E-state index contributed by atoms with van der Waals surface area (Å²) in [5.74, 6) is -2.70. The maximum atomic E-state index is 12.6. The second kappa shape index (κ2) is 11.5. The number of anilines is 1. The molecule has 0 amide bonds. The third-order valence-corrected chi connectivity index (χ3v) is 5.60. The monoisotopic (exact) mass is 505 g/mol. The fourth-order valence-corrected chi connectivity index (χ4v) is 3.85. The van der Waals surface area contributed by atoms with Crippen molar-refractivity contribution in [2.75, 3.05) is 12.8 Å². The second-order valence-corrected chi connectivity index (χ2v) is 8.11. The van der Waals surface area contributed by atoms with Crippen molar-refractivity contribution in [3.8, 4) is 0 Å². The van der Waals surface area contributed by atoms with Gasteiger partial charge in [0.2, 0.25) is 5.71 Å². The van der Waals surface area contributed by atoms with Gasteiger partial charge in [-0.25, -0.2) is 14.6 Å². The molecule has 4 N–H and O–H groups in total. The lowest BCUT2D eigenvalue weighted by atomic mass is 9.96. The summed E-state index contributed by atoms with van der Waals surface area (Å²) >= 11 is 0.885. The van der Waals surface area contributed by atoms with Gasteiger partial charge < -0.3 is 20.8 Å². The Bertz CT molecular complexity index is 1490. The first-order valence-corrected chi connectivity index (χ1v) is 11.0. The smallest absolute Gasteiger partial charge is 0.360 e. The molecule has 0 unspecified atom stereocenters. The zero-order valence-corrected chi connectivity index (χ0v) is 19.6. The first-order chi connectivity index (χ1) is 17.3. The molecule has 0 spiro atoms. The van der Waals surface area contributed by atoms with Gasteiger partial charge in [-0.15, -0.1) is 0 Å². The largest absolute Gasteiger partial charge is 0.478 e. The number of carbonyl (C=O) groups excluding carboxylic acids is 2. The lowest BCUT2D eigenvalue weighted by Crippen LogP contribution is -2.16. The molecule has 0 bridgehead atoms. The summed E-state index contributed by atoms with van der Waals surface area (Å²) in [5, 5.41) is 23.4. The van der Waals surface area contributed by atoms with Gasteiger partial charge in [-0.3, -0.25) is 9.59 Å². The van der Waals surface area contributed by atoms with E-state index in [1.54, 1.807) is 30.3 Å². The Hall–Kier alpha value is -4.90. The van der Waals surface area contributed by atoms with E-state index in [0.717, 1.165) is 22.1 Å². The van der Waals surface area contributed by atoms with Crippen LogP contribution in [0, 0.1) is 0 Å². The number of aromatic carboxylic acids is 1. The van der Waals surface area contributed by atoms with Gasteiger partial charge in [0, 0.05) is 11.1 Å². The molecule has 36 heavy (non-hydrogen) atoms. The van der Waals surface area contributed by atoms with Crippen LogP contribution in [-0.2, 0) is 9.63 Å². The molecule has 0 atom stereocenters. The molecule has 182 valence electrons. The molecule has 1 aromatic heterocycles.